The number of halogens is 1. The lowest BCUT2D eigenvalue weighted by atomic mass is 9.77. The first-order chi connectivity index (χ1) is 13.0. The average Bonchev–Trinajstić information content (AvgIpc) is 3.38. The molecule has 8 heteroatoms. The van der Waals surface area contributed by atoms with Gasteiger partial charge in [0.25, 0.3) is 0 Å². The van der Waals surface area contributed by atoms with Gasteiger partial charge in [0, 0.05) is 16.8 Å². The number of nitrogens with zero attached hydrogens (tertiary/aromatic N) is 2. The van der Waals surface area contributed by atoms with Crippen molar-refractivity contribution in [3.05, 3.63) is 53.3 Å². The summed E-state index contributed by atoms with van der Waals surface area (Å²) in [6, 6.07) is 8.55. The standard InChI is InChI=1S/C19H16ClN3O4/c1-10-8-14(22-27-10)23-9-19-7-6-13(26-19)15(16(19)18(23)25)17(24)21-12-4-2-11(20)3-5-12/h2-8,13,15-16H,9H2,1H3,(H,21,24). The molecule has 4 unspecified atom stereocenters. The van der Waals surface area contributed by atoms with Gasteiger partial charge in [0.2, 0.25) is 11.8 Å². The van der Waals surface area contributed by atoms with Crippen LogP contribution >= 0.6 is 11.6 Å². The lowest BCUT2D eigenvalue weighted by Gasteiger charge is -2.23. The van der Waals surface area contributed by atoms with E-state index in [1.807, 2.05) is 12.2 Å². The summed E-state index contributed by atoms with van der Waals surface area (Å²) < 4.78 is 11.2. The maximum atomic E-state index is 13.1. The predicted octanol–water partition coefficient (Wildman–Crippen LogP) is 2.56. The third-order valence-corrected chi connectivity index (χ3v) is 5.66. The summed E-state index contributed by atoms with van der Waals surface area (Å²) in [6.45, 7) is 2.08. The molecule has 4 heterocycles. The molecule has 2 fully saturated rings. The Hall–Kier alpha value is -2.64. The van der Waals surface area contributed by atoms with Crippen LogP contribution in [0.25, 0.3) is 0 Å². The van der Waals surface area contributed by atoms with Crippen molar-refractivity contribution in [3.8, 4) is 0 Å². The Labute approximate surface area is 159 Å². The van der Waals surface area contributed by atoms with Crippen LogP contribution in [0.4, 0.5) is 11.5 Å². The van der Waals surface area contributed by atoms with E-state index in [1.54, 1.807) is 37.3 Å². The molecule has 0 radical (unpaired) electrons. The first-order valence-corrected chi connectivity index (χ1v) is 9.03. The molecule has 0 aliphatic carbocycles. The van der Waals surface area contributed by atoms with Crippen molar-refractivity contribution in [1.29, 1.82) is 0 Å². The largest absolute Gasteiger partial charge is 0.360 e. The molecule has 3 aliphatic rings. The number of hydrogen-bond donors (Lipinski definition) is 1. The van der Waals surface area contributed by atoms with E-state index in [9.17, 15) is 9.59 Å². The fourth-order valence-corrected chi connectivity index (χ4v) is 4.36. The Morgan fingerprint density at radius 2 is 2.15 bits per heavy atom. The summed E-state index contributed by atoms with van der Waals surface area (Å²) in [4.78, 5) is 27.6. The molecule has 7 nitrogen and oxygen atoms in total. The van der Waals surface area contributed by atoms with Crippen LogP contribution in [0, 0.1) is 18.8 Å². The number of carbonyl (C=O) groups is 2. The van der Waals surface area contributed by atoms with Crippen molar-refractivity contribution in [2.45, 2.75) is 18.6 Å². The van der Waals surface area contributed by atoms with Crippen molar-refractivity contribution in [3.63, 3.8) is 0 Å². The number of nitrogens with one attached hydrogen (secondary N) is 1. The second-order valence-electron chi connectivity index (χ2n) is 7.12. The second-order valence-corrected chi connectivity index (χ2v) is 7.55. The number of benzene rings is 1. The molecule has 2 saturated heterocycles. The maximum absolute atomic E-state index is 13.1. The quantitative estimate of drug-likeness (QED) is 0.821. The van der Waals surface area contributed by atoms with Crippen molar-refractivity contribution in [2.24, 2.45) is 11.8 Å². The summed E-state index contributed by atoms with van der Waals surface area (Å²) in [7, 11) is 0. The predicted molar refractivity (Wildman–Crippen MR) is 97.4 cm³/mol. The molecule has 1 N–H and O–H groups in total. The van der Waals surface area contributed by atoms with Crippen LogP contribution in [-0.4, -0.2) is 35.2 Å². The molecule has 2 bridgehead atoms. The van der Waals surface area contributed by atoms with E-state index in [2.05, 4.69) is 10.5 Å². The van der Waals surface area contributed by atoms with Gasteiger partial charge in [0.15, 0.2) is 5.82 Å². The Bertz CT molecular complexity index is 970. The highest BCUT2D eigenvalue weighted by molar-refractivity contribution is 6.30. The van der Waals surface area contributed by atoms with Crippen LogP contribution < -0.4 is 10.2 Å². The molecule has 5 rings (SSSR count). The summed E-state index contributed by atoms with van der Waals surface area (Å²) >= 11 is 5.89. The van der Waals surface area contributed by atoms with Crippen LogP contribution in [0.15, 0.2) is 47.0 Å². The fourth-order valence-electron chi connectivity index (χ4n) is 4.23. The van der Waals surface area contributed by atoms with Gasteiger partial charge >= 0.3 is 0 Å². The molecule has 0 saturated carbocycles. The number of aryl methyl sites for hydroxylation is 1. The highest BCUT2D eigenvalue weighted by Gasteiger charge is 2.67. The summed E-state index contributed by atoms with van der Waals surface area (Å²) in [5.41, 5.74) is -0.170. The molecule has 4 atom stereocenters. The fraction of sp³-hybridized carbons (Fsp3) is 0.316. The SMILES string of the molecule is Cc1cc(N2CC34C=CC(O3)C(C(=O)Nc3ccc(Cl)cc3)C4C2=O)no1. The van der Waals surface area contributed by atoms with E-state index in [4.69, 9.17) is 20.9 Å². The van der Waals surface area contributed by atoms with Gasteiger partial charge in [-0.25, -0.2) is 0 Å². The van der Waals surface area contributed by atoms with Gasteiger partial charge < -0.3 is 14.6 Å². The molecule has 3 aliphatic heterocycles. The van der Waals surface area contributed by atoms with Crippen molar-refractivity contribution < 1.29 is 18.8 Å². The number of ether oxygens (including phenoxy) is 1. The molecule has 2 amide bonds. The van der Waals surface area contributed by atoms with Gasteiger partial charge in [-0.15, -0.1) is 0 Å². The van der Waals surface area contributed by atoms with Gasteiger partial charge in [0.1, 0.15) is 11.4 Å². The van der Waals surface area contributed by atoms with Crippen LogP contribution in [0.2, 0.25) is 5.02 Å². The van der Waals surface area contributed by atoms with E-state index < -0.39 is 23.5 Å². The molecule has 138 valence electrons. The van der Waals surface area contributed by atoms with Crippen molar-refractivity contribution in [2.75, 3.05) is 16.8 Å². The van der Waals surface area contributed by atoms with Crippen molar-refractivity contribution in [1.82, 2.24) is 5.16 Å². The number of hydrogen-bond acceptors (Lipinski definition) is 5. The number of aromatic nitrogens is 1. The summed E-state index contributed by atoms with van der Waals surface area (Å²) in [5.74, 6) is -0.548. The van der Waals surface area contributed by atoms with Crippen LogP contribution in [0.1, 0.15) is 5.76 Å². The number of carbonyl (C=O) groups excluding carboxylic acids is 2. The number of rotatable bonds is 3. The molecular weight excluding hydrogens is 370 g/mol. The smallest absolute Gasteiger partial charge is 0.235 e. The van der Waals surface area contributed by atoms with E-state index >= 15 is 0 Å². The zero-order chi connectivity index (χ0) is 18.8. The topological polar surface area (TPSA) is 84.7 Å². The number of fused-ring (bicyclic) bond motifs is 1. The van der Waals surface area contributed by atoms with Crippen LogP contribution in [0.5, 0.6) is 0 Å². The Morgan fingerprint density at radius 3 is 2.85 bits per heavy atom. The Balaban J connectivity index is 1.43. The van der Waals surface area contributed by atoms with Crippen molar-refractivity contribution >= 4 is 34.9 Å². The molecular formula is C19H16ClN3O4. The lowest BCUT2D eigenvalue weighted by Crippen LogP contribution is -2.41. The van der Waals surface area contributed by atoms with Gasteiger partial charge in [-0.05, 0) is 31.2 Å². The minimum Gasteiger partial charge on any atom is -0.360 e. The van der Waals surface area contributed by atoms with Gasteiger partial charge in [0.05, 0.1) is 24.5 Å². The average molecular weight is 386 g/mol. The van der Waals surface area contributed by atoms with Gasteiger partial charge in [-0.1, -0.05) is 28.9 Å². The third kappa shape index (κ3) is 2.42. The Morgan fingerprint density at radius 1 is 1.37 bits per heavy atom. The summed E-state index contributed by atoms with van der Waals surface area (Å²) in [6.07, 6.45) is 3.36. The summed E-state index contributed by atoms with van der Waals surface area (Å²) in [5, 5.41) is 7.39. The minimum absolute atomic E-state index is 0.175. The Kier molecular flexibility index (Phi) is 3.47. The van der Waals surface area contributed by atoms with E-state index in [-0.39, 0.29) is 11.8 Å². The molecule has 27 heavy (non-hydrogen) atoms. The lowest BCUT2D eigenvalue weighted by molar-refractivity contribution is -0.128. The minimum atomic E-state index is -0.795. The van der Waals surface area contributed by atoms with E-state index in [0.29, 0.717) is 28.8 Å². The van der Waals surface area contributed by atoms with E-state index in [1.165, 1.54) is 4.90 Å². The van der Waals surface area contributed by atoms with Crippen LogP contribution in [0.3, 0.4) is 0 Å². The number of amides is 2. The monoisotopic (exact) mass is 385 g/mol. The van der Waals surface area contributed by atoms with Gasteiger partial charge in [-0.2, -0.15) is 0 Å². The highest BCUT2D eigenvalue weighted by atomic mass is 35.5. The zero-order valence-corrected chi connectivity index (χ0v) is 15.1. The first-order valence-electron chi connectivity index (χ1n) is 8.65. The molecule has 1 spiro atoms. The zero-order valence-electron chi connectivity index (χ0n) is 14.4. The highest BCUT2D eigenvalue weighted by Crippen LogP contribution is 2.52. The molecule has 1 aromatic heterocycles. The van der Waals surface area contributed by atoms with Crippen LogP contribution in [-0.2, 0) is 14.3 Å². The number of anilines is 2. The van der Waals surface area contributed by atoms with E-state index in [0.717, 1.165) is 0 Å². The second kappa shape index (κ2) is 5.68. The van der Waals surface area contributed by atoms with Gasteiger partial charge in [-0.3, -0.25) is 14.5 Å². The normalized spacial score (nSPS) is 30.8. The first kappa shape index (κ1) is 16.5. The molecule has 2 aromatic rings. The molecule has 1 aromatic carbocycles. The third-order valence-electron chi connectivity index (χ3n) is 5.41. The maximum Gasteiger partial charge on any atom is 0.235 e.